The second-order valence-corrected chi connectivity index (χ2v) is 4.23. The second-order valence-electron chi connectivity index (χ2n) is 3.79. The van der Waals surface area contributed by atoms with E-state index >= 15 is 0 Å². The minimum absolute atomic E-state index is 0.623. The number of benzene rings is 1. The summed E-state index contributed by atoms with van der Waals surface area (Å²) in [5.74, 6) is 0. The minimum atomic E-state index is -1.09. The van der Waals surface area contributed by atoms with Gasteiger partial charge in [-0.2, -0.15) is 0 Å². The van der Waals surface area contributed by atoms with Crippen LogP contribution in [0.2, 0.25) is 5.02 Å². The molecule has 16 heavy (non-hydrogen) atoms. The van der Waals surface area contributed by atoms with Gasteiger partial charge in [0.2, 0.25) is 0 Å². The fourth-order valence-electron chi connectivity index (χ4n) is 1.57. The Morgan fingerprint density at radius 1 is 1.12 bits per heavy atom. The molecular weight excluding hydrogens is 222 g/mol. The molecule has 1 N–H and O–H groups in total. The van der Waals surface area contributed by atoms with Crippen LogP contribution < -0.4 is 0 Å². The fourth-order valence-corrected chi connectivity index (χ4v) is 1.70. The molecule has 0 aliphatic heterocycles. The van der Waals surface area contributed by atoms with Crippen molar-refractivity contribution in [3.05, 3.63) is 64.9 Å². The molecule has 0 radical (unpaired) electrons. The van der Waals surface area contributed by atoms with Gasteiger partial charge in [-0.1, -0.05) is 29.8 Å². The van der Waals surface area contributed by atoms with Gasteiger partial charge in [-0.3, -0.25) is 4.98 Å². The number of halogens is 1. The van der Waals surface area contributed by atoms with E-state index in [-0.39, 0.29) is 0 Å². The summed E-state index contributed by atoms with van der Waals surface area (Å²) >= 11 is 5.81. The molecule has 0 aliphatic rings. The van der Waals surface area contributed by atoms with E-state index < -0.39 is 5.60 Å². The monoisotopic (exact) mass is 233 g/mol. The molecule has 1 aromatic carbocycles. The van der Waals surface area contributed by atoms with Gasteiger partial charge in [-0.25, -0.2) is 0 Å². The third kappa shape index (κ3) is 2.08. The van der Waals surface area contributed by atoms with E-state index in [1.165, 1.54) is 0 Å². The van der Waals surface area contributed by atoms with Crippen LogP contribution in [0, 0.1) is 0 Å². The zero-order valence-corrected chi connectivity index (χ0v) is 9.65. The number of aliphatic hydroxyl groups is 1. The van der Waals surface area contributed by atoms with Crippen molar-refractivity contribution >= 4 is 11.6 Å². The first kappa shape index (κ1) is 11.1. The molecule has 0 aliphatic carbocycles. The Morgan fingerprint density at radius 2 is 1.81 bits per heavy atom. The SMILES string of the molecule is C[C@@](O)(c1ccc(Cl)cc1)c1ccccn1. The molecule has 0 spiro atoms. The summed E-state index contributed by atoms with van der Waals surface area (Å²) in [7, 11) is 0. The predicted molar refractivity (Wildman–Crippen MR) is 64.4 cm³/mol. The zero-order chi connectivity index (χ0) is 11.6. The summed E-state index contributed by atoms with van der Waals surface area (Å²) in [6.45, 7) is 1.72. The summed E-state index contributed by atoms with van der Waals surface area (Å²) < 4.78 is 0. The van der Waals surface area contributed by atoms with Crippen LogP contribution in [0.25, 0.3) is 0 Å². The lowest BCUT2D eigenvalue weighted by Gasteiger charge is -2.23. The van der Waals surface area contributed by atoms with E-state index in [0.29, 0.717) is 10.7 Å². The van der Waals surface area contributed by atoms with Crippen molar-refractivity contribution < 1.29 is 5.11 Å². The molecule has 2 aromatic rings. The minimum Gasteiger partial charge on any atom is -0.379 e. The number of pyridine rings is 1. The van der Waals surface area contributed by atoms with Crippen LogP contribution in [-0.4, -0.2) is 10.1 Å². The Hall–Kier alpha value is -1.38. The molecule has 1 aromatic heterocycles. The van der Waals surface area contributed by atoms with Crippen LogP contribution in [-0.2, 0) is 5.60 Å². The third-order valence-corrected chi connectivity index (χ3v) is 2.82. The van der Waals surface area contributed by atoms with E-state index in [2.05, 4.69) is 4.98 Å². The lowest BCUT2D eigenvalue weighted by atomic mass is 9.92. The van der Waals surface area contributed by atoms with Gasteiger partial charge in [0.25, 0.3) is 0 Å². The maximum atomic E-state index is 10.4. The van der Waals surface area contributed by atoms with Crippen molar-refractivity contribution in [1.82, 2.24) is 4.98 Å². The Bertz CT molecular complexity index is 465. The highest BCUT2D eigenvalue weighted by Crippen LogP contribution is 2.28. The number of rotatable bonds is 2. The van der Waals surface area contributed by atoms with E-state index in [1.807, 2.05) is 12.1 Å². The molecule has 1 heterocycles. The zero-order valence-electron chi connectivity index (χ0n) is 8.89. The number of nitrogens with zero attached hydrogens (tertiary/aromatic N) is 1. The maximum Gasteiger partial charge on any atom is 0.129 e. The predicted octanol–water partition coefficient (Wildman–Crippen LogP) is 2.99. The van der Waals surface area contributed by atoms with Crippen LogP contribution in [0.15, 0.2) is 48.7 Å². The van der Waals surface area contributed by atoms with Crippen molar-refractivity contribution in [1.29, 1.82) is 0 Å². The van der Waals surface area contributed by atoms with Gasteiger partial charge < -0.3 is 5.11 Å². The van der Waals surface area contributed by atoms with Gasteiger partial charge in [0.05, 0.1) is 5.69 Å². The summed E-state index contributed by atoms with van der Waals surface area (Å²) in [4.78, 5) is 4.17. The Labute approximate surface area is 99.5 Å². The molecule has 1 atom stereocenters. The molecule has 0 saturated heterocycles. The smallest absolute Gasteiger partial charge is 0.129 e. The molecule has 0 unspecified atom stereocenters. The van der Waals surface area contributed by atoms with E-state index in [9.17, 15) is 5.11 Å². The Morgan fingerprint density at radius 3 is 2.38 bits per heavy atom. The molecule has 82 valence electrons. The van der Waals surface area contributed by atoms with Crippen molar-refractivity contribution in [3.63, 3.8) is 0 Å². The van der Waals surface area contributed by atoms with Gasteiger partial charge >= 0.3 is 0 Å². The van der Waals surface area contributed by atoms with Crippen molar-refractivity contribution in [3.8, 4) is 0 Å². The highest BCUT2D eigenvalue weighted by Gasteiger charge is 2.26. The molecule has 3 heteroatoms. The van der Waals surface area contributed by atoms with Crippen molar-refractivity contribution in [2.75, 3.05) is 0 Å². The molecule has 0 bridgehead atoms. The summed E-state index contributed by atoms with van der Waals surface area (Å²) in [6, 6.07) is 12.6. The standard InChI is InChI=1S/C13H12ClNO/c1-13(16,12-4-2-3-9-15-12)10-5-7-11(14)8-6-10/h2-9,16H,1H3/t13-/m1/s1. The van der Waals surface area contributed by atoms with Crippen LogP contribution >= 0.6 is 11.6 Å². The topological polar surface area (TPSA) is 33.1 Å². The average Bonchev–Trinajstić information content (AvgIpc) is 2.31. The molecule has 0 fully saturated rings. The van der Waals surface area contributed by atoms with Gasteiger partial charge in [-0.15, -0.1) is 0 Å². The summed E-state index contributed by atoms with van der Waals surface area (Å²) in [5.41, 5.74) is 0.305. The molecule has 0 saturated carbocycles. The highest BCUT2D eigenvalue weighted by molar-refractivity contribution is 6.30. The van der Waals surface area contributed by atoms with Gasteiger partial charge in [0.15, 0.2) is 0 Å². The van der Waals surface area contributed by atoms with Crippen LogP contribution in [0.1, 0.15) is 18.2 Å². The van der Waals surface area contributed by atoms with Gasteiger partial charge in [0.1, 0.15) is 5.60 Å². The van der Waals surface area contributed by atoms with Gasteiger partial charge in [0, 0.05) is 11.2 Å². The Balaban J connectivity index is 2.43. The van der Waals surface area contributed by atoms with E-state index in [4.69, 9.17) is 11.6 Å². The maximum absolute atomic E-state index is 10.4. The molecular formula is C13H12ClNO. The van der Waals surface area contributed by atoms with Crippen molar-refractivity contribution in [2.45, 2.75) is 12.5 Å². The summed E-state index contributed by atoms with van der Waals surface area (Å²) in [5, 5.41) is 11.1. The van der Waals surface area contributed by atoms with Crippen LogP contribution in [0.5, 0.6) is 0 Å². The number of hydrogen-bond acceptors (Lipinski definition) is 2. The van der Waals surface area contributed by atoms with E-state index in [1.54, 1.807) is 43.5 Å². The van der Waals surface area contributed by atoms with Crippen molar-refractivity contribution in [2.24, 2.45) is 0 Å². The molecule has 0 amide bonds. The first-order valence-corrected chi connectivity index (χ1v) is 5.38. The number of aromatic nitrogens is 1. The quantitative estimate of drug-likeness (QED) is 0.865. The lowest BCUT2D eigenvalue weighted by Crippen LogP contribution is -2.23. The molecule has 2 nitrogen and oxygen atoms in total. The highest BCUT2D eigenvalue weighted by atomic mass is 35.5. The number of hydrogen-bond donors (Lipinski definition) is 1. The van der Waals surface area contributed by atoms with Crippen LogP contribution in [0.4, 0.5) is 0 Å². The van der Waals surface area contributed by atoms with Crippen LogP contribution in [0.3, 0.4) is 0 Å². The average molecular weight is 234 g/mol. The first-order valence-electron chi connectivity index (χ1n) is 5.00. The third-order valence-electron chi connectivity index (χ3n) is 2.57. The summed E-state index contributed by atoms with van der Waals surface area (Å²) in [6.07, 6.45) is 1.67. The van der Waals surface area contributed by atoms with Gasteiger partial charge in [-0.05, 0) is 36.8 Å². The fraction of sp³-hybridized carbons (Fsp3) is 0.154. The lowest BCUT2D eigenvalue weighted by molar-refractivity contribution is 0.0974. The normalized spacial score (nSPS) is 14.4. The Kier molecular flexibility index (Phi) is 2.95. The van der Waals surface area contributed by atoms with E-state index in [0.717, 1.165) is 5.56 Å². The second kappa shape index (κ2) is 4.24. The molecule has 2 rings (SSSR count). The largest absolute Gasteiger partial charge is 0.379 e. The first-order chi connectivity index (χ1) is 7.60.